The third-order valence-electron chi connectivity index (χ3n) is 3.16. The lowest BCUT2D eigenvalue weighted by Gasteiger charge is -2.43. The standard InChI is InChI=1S/C14H15ClN2O2/c1-14(18)8-17(9-14)6-12-7-19-13(16-12)10-2-4-11(15)5-3-10/h2-5,7,18H,6,8-9H2,1H3. The van der Waals surface area contributed by atoms with Gasteiger partial charge in [-0.2, -0.15) is 0 Å². The summed E-state index contributed by atoms with van der Waals surface area (Å²) in [6.07, 6.45) is 1.66. The summed E-state index contributed by atoms with van der Waals surface area (Å²) >= 11 is 5.84. The summed E-state index contributed by atoms with van der Waals surface area (Å²) in [5, 5.41) is 10.4. The molecule has 0 spiro atoms. The zero-order valence-electron chi connectivity index (χ0n) is 10.6. The quantitative estimate of drug-likeness (QED) is 0.937. The van der Waals surface area contributed by atoms with E-state index < -0.39 is 5.60 Å². The van der Waals surface area contributed by atoms with Gasteiger partial charge in [0.05, 0.1) is 11.3 Å². The van der Waals surface area contributed by atoms with Gasteiger partial charge in [-0.15, -0.1) is 0 Å². The fourth-order valence-electron chi connectivity index (χ4n) is 2.36. The smallest absolute Gasteiger partial charge is 0.226 e. The molecular formula is C14H15ClN2O2. The van der Waals surface area contributed by atoms with Crippen molar-refractivity contribution in [2.75, 3.05) is 13.1 Å². The predicted molar refractivity (Wildman–Crippen MR) is 72.8 cm³/mol. The third kappa shape index (κ3) is 2.81. The van der Waals surface area contributed by atoms with Crippen LogP contribution in [0.25, 0.3) is 11.5 Å². The fraction of sp³-hybridized carbons (Fsp3) is 0.357. The number of hydrogen-bond donors (Lipinski definition) is 1. The summed E-state index contributed by atoms with van der Waals surface area (Å²) < 4.78 is 5.47. The van der Waals surface area contributed by atoms with Gasteiger partial charge in [-0.05, 0) is 31.2 Å². The van der Waals surface area contributed by atoms with Crippen LogP contribution in [0.4, 0.5) is 0 Å². The summed E-state index contributed by atoms with van der Waals surface area (Å²) in [7, 11) is 0. The maximum Gasteiger partial charge on any atom is 0.226 e. The van der Waals surface area contributed by atoms with Gasteiger partial charge >= 0.3 is 0 Å². The van der Waals surface area contributed by atoms with Crippen molar-refractivity contribution >= 4 is 11.6 Å². The molecule has 1 N–H and O–H groups in total. The van der Waals surface area contributed by atoms with Crippen LogP contribution in [0.2, 0.25) is 5.02 Å². The van der Waals surface area contributed by atoms with Crippen molar-refractivity contribution < 1.29 is 9.52 Å². The molecule has 4 nitrogen and oxygen atoms in total. The SMILES string of the molecule is CC1(O)CN(Cc2coc(-c3ccc(Cl)cc3)n2)C1. The van der Waals surface area contributed by atoms with E-state index in [0.29, 0.717) is 30.5 Å². The molecule has 1 fully saturated rings. The summed E-state index contributed by atoms with van der Waals surface area (Å²) in [6, 6.07) is 7.39. The number of likely N-dealkylation sites (tertiary alicyclic amines) is 1. The van der Waals surface area contributed by atoms with Gasteiger partial charge in [0.15, 0.2) is 0 Å². The van der Waals surface area contributed by atoms with Crippen molar-refractivity contribution in [2.24, 2.45) is 0 Å². The average Bonchev–Trinajstić information content (AvgIpc) is 2.76. The zero-order valence-corrected chi connectivity index (χ0v) is 11.4. The Morgan fingerprint density at radius 1 is 1.37 bits per heavy atom. The lowest BCUT2D eigenvalue weighted by molar-refractivity contribution is -0.0875. The van der Waals surface area contributed by atoms with Gasteiger partial charge in [-0.25, -0.2) is 4.98 Å². The molecular weight excluding hydrogens is 264 g/mol. The van der Waals surface area contributed by atoms with Gasteiger partial charge < -0.3 is 9.52 Å². The average molecular weight is 279 g/mol. The molecule has 2 heterocycles. The molecule has 19 heavy (non-hydrogen) atoms. The largest absolute Gasteiger partial charge is 0.444 e. The van der Waals surface area contributed by atoms with Crippen LogP contribution in [0.5, 0.6) is 0 Å². The predicted octanol–water partition coefficient (Wildman–Crippen LogP) is 2.56. The first-order valence-electron chi connectivity index (χ1n) is 6.17. The van der Waals surface area contributed by atoms with Crippen LogP contribution in [-0.4, -0.2) is 33.7 Å². The molecule has 1 aliphatic rings. The van der Waals surface area contributed by atoms with Crippen molar-refractivity contribution in [3.05, 3.63) is 41.2 Å². The summed E-state index contributed by atoms with van der Waals surface area (Å²) in [5.41, 5.74) is 1.23. The van der Waals surface area contributed by atoms with E-state index in [0.717, 1.165) is 11.3 Å². The van der Waals surface area contributed by atoms with E-state index in [1.54, 1.807) is 6.26 Å². The van der Waals surface area contributed by atoms with E-state index in [2.05, 4.69) is 9.88 Å². The summed E-state index contributed by atoms with van der Waals surface area (Å²) in [4.78, 5) is 6.58. The molecule has 0 radical (unpaired) electrons. The van der Waals surface area contributed by atoms with Crippen LogP contribution >= 0.6 is 11.6 Å². The monoisotopic (exact) mass is 278 g/mol. The number of rotatable bonds is 3. The molecule has 3 rings (SSSR count). The summed E-state index contributed by atoms with van der Waals surface area (Å²) in [6.45, 7) is 3.89. The van der Waals surface area contributed by atoms with E-state index in [1.807, 2.05) is 31.2 Å². The van der Waals surface area contributed by atoms with Crippen LogP contribution < -0.4 is 0 Å². The minimum atomic E-state index is -0.553. The first-order chi connectivity index (χ1) is 9.02. The molecule has 2 aromatic rings. The van der Waals surface area contributed by atoms with E-state index >= 15 is 0 Å². The number of benzene rings is 1. The second-order valence-electron chi connectivity index (χ2n) is 5.29. The van der Waals surface area contributed by atoms with Crippen molar-refractivity contribution in [1.82, 2.24) is 9.88 Å². The van der Waals surface area contributed by atoms with Crippen molar-refractivity contribution in [1.29, 1.82) is 0 Å². The first-order valence-corrected chi connectivity index (χ1v) is 6.55. The lowest BCUT2D eigenvalue weighted by Crippen LogP contribution is -2.59. The highest BCUT2D eigenvalue weighted by atomic mass is 35.5. The normalized spacial score (nSPS) is 18.3. The first kappa shape index (κ1) is 12.7. The topological polar surface area (TPSA) is 49.5 Å². The molecule has 5 heteroatoms. The van der Waals surface area contributed by atoms with Crippen LogP contribution in [0.15, 0.2) is 34.9 Å². The molecule has 1 aromatic carbocycles. The van der Waals surface area contributed by atoms with E-state index in [-0.39, 0.29) is 0 Å². The Morgan fingerprint density at radius 2 is 2.05 bits per heavy atom. The second-order valence-corrected chi connectivity index (χ2v) is 5.73. The van der Waals surface area contributed by atoms with Crippen molar-refractivity contribution in [3.8, 4) is 11.5 Å². The minimum Gasteiger partial charge on any atom is -0.444 e. The molecule has 0 unspecified atom stereocenters. The van der Waals surface area contributed by atoms with E-state index in [4.69, 9.17) is 16.0 Å². The highest BCUT2D eigenvalue weighted by molar-refractivity contribution is 6.30. The Bertz CT molecular complexity index is 569. The Morgan fingerprint density at radius 3 is 2.68 bits per heavy atom. The van der Waals surface area contributed by atoms with Gasteiger partial charge in [-0.1, -0.05) is 11.6 Å². The number of β-amino-alcohol motifs (C(OH)–C–C–N with tert-alkyl or cyclic N) is 1. The van der Waals surface area contributed by atoms with E-state index in [9.17, 15) is 5.11 Å². The van der Waals surface area contributed by atoms with Crippen molar-refractivity contribution in [2.45, 2.75) is 19.1 Å². The Balaban J connectivity index is 1.68. The second kappa shape index (κ2) is 4.63. The molecule has 0 bridgehead atoms. The molecule has 0 atom stereocenters. The van der Waals surface area contributed by atoms with Crippen LogP contribution in [-0.2, 0) is 6.54 Å². The fourth-order valence-corrected chi connectivity index (χ4v) is 2.49. The number of hydrogen-bond acceptors (Lipinski definition) is 4. The maximum absolute atomic E-state index is 9.67. The molecule has 0 saturated carbocycles. The van der Waals surface area contributed by atoms with Crippen LogP contribution in [0.3, 0.4) is 0 Å². The Labute approximate surface area is 116 Å². The van der Waals surface area contributed by atoms with Gasteiger partial charge in [-0.3, -0.25) is 4.90 Å². The molecule has 1 aliphatic heterocycles. The van der Waals surface area contributed by atoms with Gasteiger partial charge in [0.2, 0.25) is 5.89 Å². The van der Waals surface area contributed by atoms with E-state index in [1.165, 1.54) is 0 Å². The maximum atomic E-state index is 9.67. The minimum absolute atomic E-state index is 0.553. The van der Waals surface area contributed by atoms with Crippen LogP contribution in [0.1, 0.15) is 12.6 Å². The molecule has 1 saturated heterocycles. The zero-order chi connectivity index (χ0) is 13.5. The molecule has 0 amide bonds. The van der Waals surface area contributed by atoms with Crippen LogP contribution in [0, 0.1) is 0 Å². The molecule has 100 valence electrons. The van der Waals surface area contributed by atoms with Gasteiger partial charge in [0, 0.05) is 30.2 Å². The van der Waals surface area contributed by atoms with Crippen molar-refractivity contribution in [3.63, 3.8) is 0 Å². The Hall–Kier alpha value is -1.36. The number of aromatic nitrogens is 1. The number of oxazole rings is 1. The molecule has 0 aliphatic carbocycles. The number of halogens is 1. The number of nitrogens with zero attached hydrogens (tertiary/aromatic N) is 2. The Kier molecular flexibility index (Phi) is 3.09. The summed E-state index contributed by atoms with van der Waals surface area (Å²) in [5.74, 6) is 0.596. The lowest BCUT2D eigenvalue weighted by atomic mass is 9.97. The number of aliphatic hydroxyl groups is 1. The highest BCUT2D eigenvalue weighted by Crippen LogP contribution is 2.24. The third-order valence-corrected chi connectivity index (χ3v) is 3.41. The molecule has 1 aromatic heterocycles. The van der Waals surface area contributed by atoms with Gasteiger partial charge in [0.1, 0.15) is 6.26 Å². The highest BCUT2D eigenvalue weighted by Gasteiger charge is 2.36. The van der Waals surface area contributed by atoms with Gasteiger partial charge in [0.25, 0.3) is 0 Å².